The molecule has 1 amide bonds. The molecule has 3 rings (SSSR count). The summed E-state index contributed by atoms with van der Waals surface area (Å²) in [6, 6.07) is 11.7. The number of aliphatic carboxylic acids is 1. The number of carbonyl (C=O) groups excluding carboxylic acids is 1. The molecule has 30 heavy (non-hydrogen) atoms. The number of benzene rings is 2. The standard InChI is InChI=1S/C22H20ClNO6/c1-13-21(14-4-6-15(23)7-5-14)22(28)17-9-8-16(11-18(17)30-13)29-12-19(25)24-10-2-3-20(26)27/h4-9,11H,2-3,10,12H2,1H3,(H,24,25)(H,26,27). The molecule has 0 saturated heterocycles. The maximum Gasteiger partial charge on any atom is 0.303 e. The van der Waals surface area contributed by atoms with Crippen LogP contribution in [0.2, 0.25) is 5.02 Å². The summed E-state index contributed by atoms with van der Waals surface area (Å²) in [5.41, 5.74) is 1.37. The third kappa shape index (κ3) is 5.18. The average Bonchev–Trinajstić information content (AvgIpc) is 2.70. The van der Waals surface area contributed by atoms with Gasteiger partial charge in [-0.25, -0.2) is 0 Å². The number of nitrogens with one attached hydrogen (secondary N) is 1. The van der Waals surface area contributed by atoms with E-state index in [0.717, 1.165) is 0 Å². The maximum atomic E-state index is 13.0. The number of ether oxygens (including phenoxy) is 1. The van der Waals surface area contributed by atoms with Gasteiger partial charge in [-0.05, 0) is 43.2 Å². The van der Waals surface area contributed by atoms with Gasteiger partial charge in [-0.3, -0.25) is 14.4 Å². The molecule has 0 aliphatic heterocycles. The highest BCUT2D eigenvalue weighted by Crippen LogP contribution is 2.27. The lowest BCUT2D eigenvalue weighted by molar-refractivity contribution is -0.137. The van der Waals surface area contributed by atoms with Gasteiger partial charge in [0.25, 0.3) is 5.91 Å². The number of aryl methyl sites for hydroxylation is 1. The Morgan fingerprint density at radius 3 is 2.60 bits per heavy atom. The SMILES string of the molecule is Cc1oc2cc(OCC(=O)NCCCC(=O)O)ccc2c(=O)c1-c1ccc(Cl)cc1. The third-order valence-corrected chi connectivity index (χ3v) is 4.68. The second-order valence-corrected chi connectivity index (χ2v) is 7.10. The van der Waals surface area contributed by atoms with Crippen LogP contribution in [-0.4, -0.2) is 30.1 Å². The minimum atomic E-state index is -0.910. The zero-order valence-electron chi connectivity index (χ0n) is 16.2. The summed E-state index contributed by atoms with van der Waals surface area (Å²) in [5.74, 6) is -0.433. The van der Waals surface area contributed by atoms with Gasteiger partial charge in [0.15, 0.2) is 6.61 Å². The molecule has 8 heteroatoms. The Balaban J connectivity index is 1.73. The molecular weight excluding hydrogens is 410 g/mol. The van der Waals surface area contributed by atoms with Gasteiger partial charge in [0, 0.05) is 24.1 Å². The van der Waals surface area contributed by atoms with E-state index in [1.54, 1.807) is 49.4 Å². The number of carboxylic acids is 1. The molecule has 1 heterocycles. The summed E-state index contributed by atoms with van der Waals surface area (Å²) in [6.07, 6.45) is 0.333. The van der Waals surface area contributed by atoms with Crippen molar-refractivity contribution in [3.8, 4) is 16.9 Å². The fraction of sp³-hybridized carbons (Fsp3) is 0.227. The Kier molecular flexibility index (Phi) is 6.74. The van der Waals surface area contributed by atoms with Crippen LogP contribution in [0.1, 0.15) is 18.6 Å². The first kappa shape index (κ1) is 21.4. The van der Waals surface area contributed by atoms with Crippen LogP contribution in [-0.2, 0) is 9.59 Å². The van der Waals surface area contributed by atoms with E-state index < -0.39 is 5.97 Å². The smallest absolute Gasteiger partial charge is 0.303 e. The first-order chi connectivity index (χ1) is 14.3. The number of fused-ring (bicyclic) bond motifs is 1. The topological polar surface area (TPSA) is 106 Å². The molecule has 0 radical (unpaired) electrons. The monoisotopic (exact) mass is 429 g/mol. The molecule has 0 unspecified atom stereocenters. The van der Waals surface area contributed by atoms with Gasteiger partial charge in [-0.15, -0.1) is 0 Å². The molecule has 0 bridgehead atoms. The Morgan fingerprint density at radius 2 is 1.90 bits per heavy atom. The average molecular weight is 430 g/mol. The molecule has 156 valence electrons. The summed E-state index contributed by atoms with van der Waals surface area (Å²) in [5, 5.41) is 12.1. The van der Waals surface area contributed by atoms with Crippen LogP contribution in [0.4, 0.5) is 0 Å². The van der Waals surface area contributed by atoms with E-state index in [1.165, 1.54) is 0 Å². The minimum absolute atomic E-state index is 0.0117. The largest absolute Gasteiger partial charge is 0.484 e. The van der Waals surface area contributed by atoms with Crippen molar-refractivity contribution in [2.75, 3.05) is 13.2 Å². The molecule has 0 aliphatic carbocycles. The van der Waals surface area contributed by atoms with Crippen molar-refractivity contribution >= 4 is 34.4 Å². The normalized spacial score (nSPS) is 10.7. The Bertz CT molecular complexity index is 1140. The van der Waals surface area contributed by atoms with Gasteiger partial charge >= 0.3 is 5.97 Å². The Labute approximate surface area is 177 Å². The summed E-state index contributed by atoms with van der Waals surface area (Å²) in [4.78, 5) is 35.2. The lowest BCUT2D eigenvalue weighted by Crippen LogP contribution is -2.29. The zero-order chi connectivity index (χ0) is 21.7. The third-order valence-electron chi connectivity index (χ3n) is 4.43. The van der Waals surface area contributed by atoms with E-state index in [2.05, 4.69) is 5.32 Å². The van der Waals surface area contributed by atoms with Gasteiger partial charge in [0.1, 0.15) is 17.1 Å². The summed E-state index contributed by atoms with van der Waals surface area (Å²) < 4.78 is 11.3. The molecule has 0 fully saturated rings. The predicted octanol–water partition coefficient (Wildman–Crippen LogP) is 3.78. The van der Waals surface area contributed by atoms with E-state index in [1.807, 2.05) is 0 Å². The van der Waals surface area contributed by atoms with Gasteiger partial charge in [-0.2, -0.15) is 0 Å². The van der Waals surface area contributed by atoms with Crippen LogP contribution >= 0.6 is 11.6 Å². The molecule has 0 aliphatic rings. The van der Waals surface area contributed by atoms with Crippen LogP contribution in [0.3, 0.4) is 0 Å². The number of amides is 1. The number of carboxylic acid groups (broad SMARTS) is 1. The number of carbonyl (C=O) groups is 2. The Morgan fingerprint density at radius 1 is 1.17 bits per heavy atom. The van der Waals surface area contributed by atoms with Crippen LogP contribution in [0, 0.1) is 6.92 Å². The van der Waals surface area contributed by atoms with Crippen LogP contribution in [0.25, 0.3) is 22.1 Å². The molecule has 3 aromatic rings. The summed E-state index contributed by atoms with van der Waals surface area (Å²) >= 11 is 5.92. The van der Waals surface area contributed by atoms with E-state index in [9.17, 15) is 14.4 Å². The molecule has 1 aromatic heterocycles. The van der Waals surface area contributed by atoms with Crippen molar-refractivity contribution in [3.05, 3.63) is 63.5 Å². The summed E-state index contributed by atoms with van der Waals surface area (Å²) in [7, 11) is 0. The lowest BCUT2D eigenvalue weighted by Gasteiger charge is -2.10. The minimum Gasteiger partial charge on any atom is -0.484 e. The Hall–Kier alpha value is -3.32. The van der Waals surface area contributed by atoms with Gasteiger partial charge in [0.05, 0.1) is 10.9 Å². The highest BCUT2D eigenvalue weighted by Gasteiger charge is 2.14. The fourth-order valence-electron chi connectivity index (χ4n) is 2.99. The summed E-state index contributed by atoms with van der Waals surface area (Å²) in [6.45, 7) is 1.74. The number of hydrogen-bond acceptors (Lipinski definition) is 5. The van der Waals surface area contributed by atoms with Crippen molar-refractivity contribution in [2.24, 2.45) is 0 Å². The molecule has 7 nitrogen and oxygen atoms in total. The number of hydrogen-bond donors (Lipinski definition) is 2. The van der Waals surface area contributed by atoms with Crippen LogP contribution in [0.15, 0.2) is 51.7 Å². The van der Waals surface area contributed by atoms with E-state index >= 15 is 0 Å². The van der Waals surface area contributed by atoms with Crippen LogP contribution in [0.5, 0.6) is 5.75 Å². The molecular formula is C22H20ClNO6. The van der Waals surface area contributed by atoms with E-state index in [4.69, 9.17) is 25.9 Å². The molecule has 0 spiro atoms. The first-order valence-electron chi connectivity index (χ1n) is 9.30. The van der Waals surface area contributed by atoms with Crippen molar-refractivity contribution in [1.29, 1.82) is 0 Å². The second-order valence-electron chi connectivity index (χ2n) is 6.66. The molecule has 2 aromatic carbocycles. The predicted molar refractivity (Wildman–Crippen MR) is 113 cm³/mol. The maximum absolute atomic E-state index is 13.0. The van der Waals surface area contributed by atoms with E-state index in [-0.39, 0.29) is 30.9 Å². The quantitative estimate of drug-likeness (QED) is 0.528. The van der Waals surface area contributed by atoms with Gasteiger partial charge < -0.3 is 19.6 Å². The molecule has 0 atom stereocenters. The van der Waals surface area contributed by atoms with Gasteiger partial charge in [0.2, 0.25) is 5.43 Å². The number of rotatable bonds is 8. The highest BCUT2D eigenvalue weighted by molar-refractivity contribution is 6.30. The van der Waals surface area contributed by atoms with Crippen molar-refractivity contribution < 1.29 is 23.8 Å². The lowest BCUT2D eigenvalue weighted by atomic mass is 10.0. The van der Waals surface area contributed by atoms with E-state index in [0.29, 0.717) is 45.0 Å². The number of halogens is 1. The van der Waals surface area contributed by atoms with Gasteiger partial charge in [-0.1, -0.05) is 23.7 Å². The highest BCUT2D eigenvalue weighted by atomic mass is 35.5. The molecule has 2 N–H and O–H groups in total. The van der Waals surface area contributed by atoms with Crippen molar-refractivity contribution in [3.63, 3.8) is 0 Å². The zero-order valence-corrected chi connectivity index (χ0v) is 17.0. The van der Waals surface area contributed by atoms with Crippen molar-refractivity contribution in [1.82, 2.24) is 5.32 Å². The van der Waals surface area contributed by atoms with Crippen LogP contribution < -0.4 is 15.5 Å². The first-order valence-corrected chi connectivity index (χ1v) is 9.67. The second kappa shape index (κ2) is 9.45. The fourth-order valence-corrected chi connectivity index (χ4v) is 3.12. The molecule has 0 saturated carbocycles. The van der Waals surface area contributed by atoms with Crippen molar-refractivity contribution in [2.45, 2.75) is 19.8 Å².